The second kappa shape index (κ2) is 8.81. The maximum Gasteiger partial charge on any atom is 0.256 e. The minimum atomic E-state index is -0.480. The Kier molecular flexibility index (Phi) is 5.64. The van der Waals surface area contributed by atoms with E-state index in [2.05, 4.69) is 9.80 Å². The lowest BCUT2D eigenvalue weighted by molar-refractivity contribution is 0.0646. The van der Waals surface area contributed by atoms with Gasteiger partial charge in [-0.05, 0) is 73.4 Å². The summed E-state index contributed by atoms with van der Waals surface area (Å²) in [6.45, 7) is 4.26. The Morgan fingerprint density at radius 3 is 2.35 bits per heavy atom. The Morgan fingerprint density at radius 1 is 0.853 bits per heavy atom. The van der Waals surface area contributed by atoms with Gasteiger partial charge in [0.25, 0.3) is 11.8 Å². The van der Waals surface area contributed by atoms with Crippen LogP contribution in [0.2, 0.25) is 0 Å². The number of hydrogen-bond donors (Lipinski definition) is 0. The highest BCUT2D eigenvalue weighted by Crippen LogP contribution is 2.32. The standard InChI is InChI=1S/C28H32FN3O2/c29-26-17-20(7-9-25(26)27(33)30-12-1-2-13-30)19-6-8-24-21(16-19)10-15-32(28(24)34)23-11-14-31(18-23)22-4-3-5-22/h6-9,16-17,22-23H,1-5,10-15,18H2/t23-/m0/s1. The second-order valence-corrected chi connectivity index (χ2v) is 10.3. The van der Waals surface area contributed by atoms with E-state index >= 15 is 0 Å². The molecule has 3 fully saturated rings. The maximum atomic E-state index is 14.9. The van der Waals surface area contributed by atoms with Gasteiger partial charge in [-0.15, -0.1) is 0 Å². The summed E-state index contributed by atoms with van der Waals surface area (Å²) in [5.41, 5.74) is 3.57. The van der Waals surface area contributed by atoms with Crippen LogP contribution in [0.1, 0.15) is 64.8 Å². The number of benzene rings is 2. The predicted octanol–water partition coefficient (Wildman–Crippen LogP) is 4.35. The molecule has 0 radical (unpaired) electrons. The van der Waals surface area contributed by atoms with Crippen LogP contribution in [0, 0.1) is 5.82 Å². The van der Waals surface area contributed by atoms with E-state index in [1.807, 2.05) is 24.3 Å². The Morgan fingerprint density at radius 2 is 1.62 bits per heavy atom. The minimum Gasteiger partial charge on any atom is -0.339 e. The van der Waals surface area contributed by atoms with Crippen LogP contribution < -0.4 is 0 Å². The van der Waals surface area contributed by atoms with E-state index in [0.717, 1.165) is 73.6 Å². The van der Waals surface area contributed by atoms with Crippen LogP contribution in [0.4, 0.5) is 4.39 Å². The molecule has 2 aromatic rings. The third kappa shape index (κ3) is 3.82. The number of amides is 2. The van der Waals surface area contributed by atoms with Crippen molar-refractivity contribution in [1.29, 1.82) is 0 Å². The second-order valence-electron chi connectivity index (χ2n) is 10.3. The third-order valence-electron chi connectivity index (χ3n) is 8.37. The number of nitrogens with zero attached hydrogens (tertiary/aromatic N) is 3. The zero-order valence-corrected chi connectivity index (χ0v) is 19.6. The quantitative estimate of drug-likeness (QED) is 0.680. The average Bonchev–Trinajstić information content (AvgIpc) is 3.50. The zero-order chi connectivity index (χ0) is 23.2. The van der Waals surface area contributed by atoms with Crippen molar-refractivity contribution in [2.75, 3.05) is 32.7 Å². The fourth-order valence-corrected chi connectivity index (χ4v) is 6.10. The Balaban J connectivity index is 1.18. The molecule has 0 aromatic heterocycles. The lowest BCUT2D eigenvalue weighted by atomic mass is 9.92. The van der Waals surface area contributed by atoms with Gasteiger partial charge >= 0.3 is 0 Å². The zero-order valence-electron chi connectivity index (χ0n) is 19.6. The van der Waals surface area contributed by atoms with Gasteiger partial charge in [0.05, 0.1) is 5.56 Å². The topological polar surface area (TPSA) is 43.9 Å². The smallest absolute Gasteiger partial charge is 0.256 e. The summed E-state index contributed by atoms with van der Waals surface area (Å²) in [4.78, 5) is 32.3. The maximum absolute atomic E-state index is 14.9. The van der Waals surface area contributed by atoms with Crippen LogP contribution in [0.3, 0.4) is 0 Å². The summed E-state index contributed by atoms with van der Waals surface area (Å²) in [5.74, 6) is -0.571. The van der Waals surface area contributed by atoms with Gasteiger partial charge in [-0.3, -0.25) is 14.5 Å². The first kappa shape index (κ1) is 21.8. The first-order valence-electron chi connectivity index (χ1n) is 12.9. The molecular weight excluding hydrogens is 429 g/mol. The number of fused-ring (bicyclic) bond motifs is 1. The van der Waals surface area contributed by atoms with E-state index in [9.17, 15) is 14.0 Å². The molecule has 5 nitrogen and oxygen atoms in total. The van der Waals surface area contributed by atoms with Crippen molar-refractivity contribution in [3.8, 4) is 11.1 Å². The summed E-state index contributed by atoms with van der Waals surface area (Å²) in [6.07, 6.45) is 7.80. The molecule has 34 heavy (non-hydrogen) atoms. The molecule has 1 atom stereocenters. The molecule has 0 bridgehead atoms. The molecule has 4 aliphatic rings. The summed E-state index contributed by atoms with van der Waals surface area (Å²) < 4.78 is 14.9. The highest BCUT2D eigenvalue weighted by atomic mass is 19.1. The monoisotopic (exact) mass is 461 g/mol. The van der Waals surface area contributed by atoms with Crippen LogP contribution in [0.5, 0.6) is 0 Å². The SMILES string of the molecule is O=C(c1ccc(-c2ccc3c(c2)CCN([C@H]2CCN(C4CCC4)C2)C3=O)cc1F)N1CCCC1. The molecular formula is C28H32FN3O2. The molecule has 6 heteroatoms. The van der Waals surface area contributed by atoms with Crippen molar-refractivity contribution in [2.24, 2.45) is 0 Å². The van der Waals surface area contributed by atoms with E-state index in [0.29, 0.717) is 19.1 Å². The first-order chi connectivity index (χ1) is 16.6. The van der Waals surface area contributed by atoms with E-state index < -0.39 is 5.82 Å². The molecule has 0 spiro atoms. The fraction of sp³-hybridized carbons (Fsp3) is 0.500. The number of carbonyl (C=O) groups is 2. The van der Waals surface area contributed by atoms with Crippen LogP contribution in [-0.4, -0.2) is 71.3 Å². The number of hydrogen-bond acceptors (Lipinski definition) is 3. The van der Waals surface area contributed by atoms with Crippen molar-refractivity contribution in [1.82, 2.24) is 14.7 Å². The van der Waals surface area contributed by atoms with Gasteiger partial charge in [0, 0.05) is 50.4 Å². The van der Waals surface area contributed by atoms with Crippen LogP contribution in [-0.2, 0) is 6.42 Å². The van der Waals surface area contributed by atoms with E-state index in [4.69, 9.17) is 0 Å². The first-order valence-corrected chi connectivity index (χ1v) is 12.9. The van der Waals surface area contributed by atoms with Gasteiger partial charge in [-0.1, -0.05) is 24.6 Å². The molecule has 3 aliphatic heterocycles. The van der Waals surface area contributed by atoms with Gasteiger partial charge in [-0.25, -0.2) is 4.39 Å². The highest BCUT2D eigenvalue weighted by molar-refractivity contribution is 5.98. The van der Waals surface area contributed by atoms with Crippen molar-refractivity contribution in [3.63, 3.8) is 0 Å². The Labute approximate surface area is 200 Å². The summed E-state index contributed by atoms with van der Waals surface area (Å²) in [6, 6.07) is 11.8. The van der Waals surface area contributed by atoms with Gasteiger partial charge in [0.15, 0.2) is 0 Å². The number of rotatable bonds is 4. The Bertz CT molecular complexity index is 1120. The fourth-order valence-electron chi connectivity index (χ4n) is 6.10. The normalized spacial score (nSPS) is 23.3. The molecule has 1 aliphatic carbocycles. The van der Waals surface area contributed by atoms with Crippen LogP contribution in [0.25, 0.3) is 11.1 Å². The average molecular weight is 462 g/mol. The highest BCUT2D eigenvalue weighted by Gasteiger charge is 2.37. The molecule has 0 N–H and O–H groups in total. The largest absolute Gasteiger partial charge is 0.339 e. The molecule has 3 heterocycles. The van der Waals surface area contributed by atoms with Gasteiger partial charge in [0.1, 0.15) is 5.82 Å². The van der Waals surface area contributed by atoms with E-state index in [1.165, 1.54) is 25.3 Å². The number of halogens is 1. The van der Waals surface area contributed by atoms with Crippen molar-refractivity contribution in [2.45, 2.75) is 57.0 Å². The predicted molar refractivity (Wildman–Crippen MR) is 129 cm³/mol. The molecule has 1 saturated carbocycles. The van der Waals surface area contributed by atoms with Crippen LogP contribution in [0.15, 0.2) is 36.4 Å². The van der Waals surface area contributed by atoms with E-state index in [1.54, 1.807) is 11.0 Å². The van der Waals surface area contributed by atoms with Crippen molar-refractivity contribution < 1.29 is 14.0 Å². The third-order valence-corrected chi connectivity index (χ3v) is 8.37. The Hall–Kier alpha value is -2.73. The molecule has 2 aromatic carbocycles. The van der Waals surface area contributed by atoms with Crippen LogP contribution >= 0.6 is 0 Å². The molecule has 0 unspecified atom stereocenters. The van der Waals surface area contributed by atoms with Crippen molar-refractivity contribution >= 4 is 11.8 Å². The lowest BCUT2D eigenvalue weighted by Crippen LogP contribution is -2.47. The van der Waals surface area contributed by atoms with E-state index in [-0.39, 0.29) is 17.4 Å². The summed E-state index contributed by atoms with van der Waals surface area (Å²) in [5, 5.41) is 0. The lowest BCUT2D eigenvalue weighted by Gasteiger charge is -2.37. The summed E-state index contributed by atoms with van der Waals surface area (Å²) in [7, 11) is 0. The van der Waals surface area contributed by atoms with Gasteiger partial charge in [-0.2, -0.15) is 0 Å². The number of likely N-dealkylation sites (tertiary alicyclic amines) is 2. The van der Waals surface area contributed by atoms with Gasteiger partial charge < -0.3 is 9.80 Å². The summed E-state index contributed by atoms with van der Waals surface area (Å²) >= 11 is 0. The van der Waals surface area contributed by atoms with Gasteiger partial charge in [0.2, 0.25) is 0 Å². The minimum absolute atomic E-state index is 0.131. The molecule has 2 saturated heterocycles. The number of carbonyl (C=O) groups excluding carboxylic acids is 2. The molecule has 178 valence electrons. The van der Waals surface area contributed by atoms with Crippen molar-refractivity contribution in [3.05, 3.63) is 58.9 Å². The molecule has 6 rings (SSSR count). The molecule has 2 amide bonds.